The van der Waals surface area contributed by atoms with Crippen LogP contribution in [0.1, 0.15) is 137 Å². The maximum Gasteiger partial charge on any atom is 0.0571 e. The van der Waals surface area contributed by atoms with E-state index in [0.717, 1.165) is 67.1 Å². The Kier molecular flexibility index (Phi) is 10.7. The van der Waals surface area contributed by atoms with Gasteiger partial charge in [0.1, 0.15) is 0 Å². The molecule has 4 aliphatic rings. The van der Waals surface area contributed by atoms with Crippen LogP contribution in [0, 0.1) is 58.7 Å². The molecule has 0 spiro atoms. The second kappa shape index (κ2) is 13.3. The Bertz CT molecular complexity index is 695. The topological polar surface area (TPSA) is 40.5 Å². The summed E-state index contributed by atoms with van der Waals surface area (Å²) < 4.78 is 0. The Morgan fingerprint density at radius 2 is 1.68 bits per heavy atom. The van der Waals surface area contributed by atoms with E-state index in [1.807, 2.05) is 0 Å². The van der Waals surface area contributed by atoms with Gasteiger partial charge in [-0.3, -0.25) is 0 Å². The Labute approximate surface area is 230 Å². The number of hydrogen-bond donors (Lipinski definition) is 2. The Morgan fingerprint density at radius 3 is 2.32 bits per heavy atom. The molecule has 0 saturated heterocycles. The van der Waals surface area contributed by atoms with E-state index in [0.29, 0.717) is 11.8 Å². The summed E-state index contributed by atoms with van der Waals surface area (Å²) in [6, 6.07) is 0. The van der Waals surface area contributed by atoms with Crippen LogP contribution < -0.4 is 0 Å². The SMILES string of the molecule is C=CCC(C(C1CCCCC1)C1CCC[C@]2(C(C)O)CC2C2C[C@@H](CC)CCC12)[C@H](C)CCC(O)CC. The number of aliphatic hydroxyl groups is 2. The first kappa shape index (κ1) is 29.6. The van der Waals surface area contributed by atoms with Crippen LogP contribution >= 0.6 is 0 Å². The van der Waals surface area contributed by atoms with E-state index < -0.39 is 0 Å². The van der Waals surface area contributed by atoms with Gasteiger partial charge >= 0.3 is 0 Å². The summed E-state index contributed by atoms with van der Waals surface area (Å²) in [7, 11) is 0. The lowest BCUT2D eigenvalue weighted by atomic mass is 9.54. The van der Waals surface area contributed by atoms with Crippen LogP contribution in [0.2, 0.25) is 0 Å². The van der Waals surface area contributed by atoms with Crippen molar-refractivity contribution in [2.45, 2.75) is 149 Å². The summed E-state index contributed by atoms with van der Waals surface area (Å²) in [6.07, 6.45) is 24.2. The minimum absolute atomic E-state index is 0.135. The Morgan fingerprint density at radius 1 is 0.919 bits per heavy atom. The zero-order chi connectivity index (χ0) is 26.6. The highest BCUT2D eigenvalue weighted by atomic mass is 16.3. The van der Waals surface area contributed by atoms with Crippen molar-refractivity contribution in [2.75, 3.05) is 0 Å². The van der Waals surface area contributed by atoms with Gasteiger partial charge in [-0.1, -0.05) is 78.2 Å². The van der Waals surface area contributed by atoms with Crippen molar-refractivity contribution < 1.29 is 10.2 Å². The van der Waals surface area contributed by atoms with Gasteiger partial charge < -0.3 is 10.2 Å². The molecule has 0 bridgehead atoms. The molecular weight excluding hydrogens is 452 g/mol. The number of rotatable bonds is 12. The van der Waals surface area contributed by atoms with Crippen molar-refractivity contribution in [1.82, 2.24) is 0 Å². The highest BCUT2D eigenvalue weighted by Gasteiger charge is 2.63. The van der Waals surface area contributed by atoms with Gasteiger partial charge in [0.15, 0.2) is 0 Å². The van der Waals surface area contributed by atoms with E-state index in [9.17, 15) is 10.2 Å². The van der Waals surface area contributed by atoms with Crippen LogP contribution in [0.4, 0.5) is 0 Å². The molecule has 11 atom stereocenters. The predicted molar refractivity (Wildman–Crippen MR) is 157 cm³/mol. The highest BCUT2D eigenvalue weighted by Crippen LogP contribution is 2.68. The van der Waals surface area contributed by atoms with Crippen LogP contribution in [0.25, 0.3) is 0 Å². The summed E-state index contributed by atoms with van der Waals surface area (Å²) in [6.45, 7) is 13.4. The van der Waals surface area contributed by atoms with Crippen molar-refractivity contribution in [1.29, 1.82) is 0 Å². The number of aliphatic hydroxyl groups excluding tert-OH is 2. The summed E-state index contributed by atoms with van der Waals surface area (Å²) in [5.41, 5.74) is 0.244. The van der Waals surface area contributed by atoms with Crippen molar-refractivity contribution >= 4 is 0 Å². The van der Waals surface area contributed by atoms with Crippen molar-refractivity contribution in [3.8, 4) is 0 Å². The molecule has 4 aliphatic carbocycles. The van der Waals surface area contributed by atoms with Gasteiger partial charge in [0.2, 0.25) is 0 Å². The van der Waals surface area contributed by atoms with Crippen LogP contribution in [0.15, 0.2) is 12.7 Å². The zero-order valence-corrected chi connectivity index (χ0v) is 25.1. The third kappa shape index (κ3) is 6.53. The molecule has 0 radical (unpaired) electrons. The zero-order valence-electron chi connectivity index (χ0n) is 25.1. The molecule has 0 aromatic heterocycles. The standard InChI is InChI=1S/C35H62O2/c1-6-13-29(24(4)17-19-28(37)8-3)34(27-14-10-9-11-15-27)31-16-12-21-35(25(5)36)23-33(35)32-22-26(7-2)18-20-30(31)32/h6,24-34,36-37H,1,7-23H2,2-5H3/t24-,25?,26+,28?,29?,30?,31?,32?,33?,34?,35-/m1/s1. The lowest BCUT2D eigenvalue weighted by Gasteiger charge is -2.51. The average molecular weight is 515 g/mol. The fourth-order valence-electron chi connectivity index (χ4n) is 10.3. The maximum absolute atomic E-state index is 10.9. The van der Waals surface area contributed by atoms with E-state index in [1.54, 1.807) is 0 Å². The van der Waals surface area contributed by atoms with Gasteiger partial charge in [0.05, 0.1) is 12.2 Å². The van der Waals surface area contributed by atoms with Crippen LogP contribution in [0.3, 0.4) is 0 Å². The van der Waals surface area contributed by atoms with Gasteiger partial charge in [0, 0.05) is 0 Å². The van der Waals surface area contributed by atoms with Crippen molar-refractivity contribution in [2.24, 2.45) is 58.7 Å². The second-order valence-corrected chi connectivity index (χ2v) is 14.5. The Balaban J connectivity index is 1.65. The highest BCUT2D eigenvalue weighted by molar-refractivity contribution is 5.12. The molecular formula is C35H62O2. The smallest absolute Gasteiger partial charge is 0.0571 e. The fourth-order valence-corrected chi connectivity index (χ4v) is 10.3. The summed E-state index contributed by atoms with van der Waals surface area (Å²) in [5, 5.41) is 21.3. The van der Waals surface area contributed by atoms with Crippen LogP contribution in [-0.4, -0.2) is 22.4 Å². The number of fused-ring (bicyclic) bond motifs is 3. The molecule has 4 saturated carbocycles. The first-order valence-electron chi connectivity index (χ1n) is 16.8. The molecule has 214 valence electrons. The fraction of sp³-hybridized carbons (Fsp3) is 0.943. The molecule has 2 N–H and O–H groups in total. The number of allylic oxidation sites excluding steroid dienone is 1. The van der Waals surface area contributed by atoms with E-state index in [4.69, 9.17) is 0 Å². The van der Waals surface area contributed by atoms with Gasteiger partial charge in [-0.15, -0.1) is 6.58 Å². The quantitative estimate of drug-likeness (QED) is 0.255. The molecule has 4 fully saturated rings. The minimum Gasteiger partial charge on any atom is -0.393 e. The molecule has 2 nitrogen and oxygen atoms in total. The van der Waals surface area contributed by atoms with E-state index in [-0.39, 0.29) is 17.6 Å². The lowest BCUT2D eigenvalue weighted by Crippen LogP contribution is -2.44. The summed E-state index contributed by atoms with van der Waals surface area (Å²) >= 11 is 0. The van der Waals surface area contributed by atoms with Crippen LogP contribution in [0.5, 0.6) is 0 Å². The largest absolute Gasteiger partial charge is 0.393 e. The van der Waals surface area contributed by atoms with Crippen molar-refractivity contribution in [3.63, 3.8) is 0 Å². The van der Waals surface area contributed by atoms with Crippen molar-refractivity contribution in [3.05, 3.63) is 12.7 Å². The van der Waals surface area contributed by atoms with Crippen LogP contribution in [-0.2, 0) is 0 Å². The molecule has 0 aromatic carbocycles. The van der Waals surface area contributed by atoms with Gasteiger partial charge in [-0.05, 0) is 123 Å². The van der Waals surface area contributed by atoms with Gasteiger partial charge in [-0.2, -0.15) is 0 Å². The summed E-state index contributed by atoms with van der Waals surface area (Å²) in [4.78, 5) is 0. The average Bonchev–Trinajstić information content (AvgIpc) is 3.64. The molecule has 4 rings (SSSR count). The predicted octanol–water partition coefficient (Wildman–Crippen LogP) is 9.19. The van der Waals surface area contributed by atoms with E-state index in [2.05, 4.69) is 40.3 Å². The first-order valence-corrected chi connectivity index (χ1v) is 16.8. The Hall–Kier alpha value is -0.340. The molecule has 8 unspecified atom stereocenters. The van der Waals surface area contributed by atoms with E-state index >= 15 is 0 Å². The third-order valence-electron chi connectivity index (χ3n) is 12.7. The molecule has 0 aromatic rings. The second-order valence-electron chi connectivity index (χ2n) is 14.5. The number of hydrogen-bond acceptors (Lipinski definition) is 2. The molecule has 0 amide bonds. The molecule has 0 heterocycles. The maximum atomic E-state index is 10.9. The lowest BCUT2D eigenvalue weighted by molar-refractivity contribution is -0.0267. The third-order valence-corrected chi connectivity index (χ3v) is 12.7. The minimum atomic E-state index is -0.140. The monoisotopic (exact) mass is 514 g/mol. The first-order chi connectivity index (χ1) is 17.9. The molecule has 0 aliphatic heterocycles. The summed E-state index contributed by atoms with van der Waals surface area (Å²) in [5.74, 6) is 7.29. The van der Waals surface area contributed by atoms with Gasteiger partial charge in [-0.25, -0.2) is 0 Å². The molecule has 2 heteroatoms. The van der Waals surface area contributed by atoms with E-state index in [1.165, 1.54) is 83.5 Å². The normalized spacial score (nSPS) is 38.7. The molecule has 37 heavy (non-hydrogen) atoms. The van der Waals surface area contributed by atoms with Gasteiger partial charge in [0.25, 0.3) is 0 Å².